The monoisotopic (exact) mass is 190 g/mol. The zero-order chi connectivity index (χ0) is 9.80. The molecule has 76 valence electrons. The van der Waals surface area contributed by atoms with Gasteiger partial charge in [-0.3, -0.25) is 12.0 Å². The summed E-state index contributed by atoms with van der Waals surface area (Å²) in [4.78, 5) is 0. The van der Waals surface area contributed by atoms with Crippen molar-refractivity contribution in [2.24, 2.45) is 0 Å². The first kappa shape index (κ1) is 9.13. The lowest BCUT2D eigenvalue weighted by atomic mass is 10.0. The van der Waals surface area contributed by atoms with Crippen molar-refractivity contribution in [1.82, 2.24) is 0 Å². The molecule has 0 bridgehead atoms. The molecule has 0 N–H and O–H groups in total. The highest BCUT2D eigenvalue weighted by molar-refractivity contribution is 5.45. The van der Waals surface area contributed by atoms with Gasteiger partial charge in [0.05, 0.1) is 24.7 Å². The molecular formula is C12H14O2-2. The third-order valence-electron chi connectivity index (χ3n) is 2.13. The van der Waals surface area contributed by atoms with Gasteiger partial charge in [-0.25, -0.2) is 6.42 Å². The van der Waals surface area contributed by atoms with E-state index in [0.717, 1.165) is 36.7 Å². The van der Waals surface area contributed by atoms with Gasteiger partial charge in [-0.15, -0.1) is 13.0 Å². The molecule has 0 saturated carbocycles. The highest BCUT2D eigenvalue weighted by Crippen LogP contribution is 2.25. The molecule has 0 unspecified atom stereocenters. The number of fused-ring (bicyclic) bond motifs is 1. The summed E-state index contributed by atoms with van der Waals surface area (Å²) in [5.41, 5.74) is 1.15. The maximum atomic E-state index is 5.58. The minimum absolute atomic E-state index is 0.742. The molecule has 0 spiro atoms. The summed E-state index contributed by atoms with van der Waals surface area (Å²) in [7, 11) is 0. The Morgan fingerprint density at radius 2 is 2.14 bits per heavy atom. The summed E-state index contributed by atoms with van der Waals surface area (Å²) < 4.78 is 11.1. The first-order valence-corrected chi connectivity index (χ1v) is 4.92. The third kappa shape index (κ3) is 1.90. The molecule has 2 heteroatoms. The highest BCUT2D eigenvalue weighted by atomic mass is 16.5. The zero-order valence-electron chi connectivity index (χ0n) is 8.32. The van der Waals surface area contributed by atoms with E-state index in [1.54, 1.807) is 0 Å². The third-order valence-corrected chi connectivity index (χ3v) is 2.13. The molecule has 2 aliphatic rings. The lowest BCUT2D eigenvalue weighted by Gasteiger charge is -2.27. The van der Waals surface area contributed by atoms with Crippen LogP contribution in [0, 0.1) is 12.8 Å². The van der Waals surface area contributed by atoms with Crippen LogP contribution in [0.25, 0.3) is 0 Å². The van der Waals surface area contributed by atoms with Crippen LogP contribution in [0.2, 0.25) is 0 Å². The topological polar surface area (TPSA) is 18.5 Å². The molecule has 2 nitrogen and oxygen atoms in total. The summed E-state index contributed by atoms with van der Waals surface area (Å²) in [6.45, 7) is 3.49. The van der Waals surface area contributed by atoms with E-state index < -0.39 is 0 Å². The smallest absolute Gasteiger partial charge is 0.0891 e. The van der Waals surface area contributed by atoms with Crippen molar-refractivity contribution in [3.63, 3.8) is 0 Å². The molecule has 1 aliphatic carbocycles. The average molecular weight is 190 g/mol. The van der Waals surface area contributed by atoms with Crippen molar-refractivity contribution in [1.29, 1.82) is 0 Å². The first-order valence-electron chi connectivity index (χ1n) is 4.92. The van der Waals surface area contributed by atoms with Gasteiger partial charge >= 0.3 is 0 Å². The molecule has 0 aromatic rings. The molecule has 14 heavy (non-hydrogen) atoms. The van der Waals surface area contributed by atoms with Crippen LogP contribution in [0.4, 0.5) is 0 Å². The molecule has 0 atom stereocenters. The second kappa shape index (κ2) is 4.18. The Kier molecular flexibility index (Phi) is 2.73. The number of hydrogen-bond donors (Lipinski definition) is 0. The molecule has 0 aromatic carbocycles. The first-order chi connectivity index (χ1) is 6.90. The van der Waals surface area contributed by atoms with Gasteiger partial charge in [0.2, 0.25) is 0 Å². The Morgan fingerprint density at radius 3 is 2.93 bits per heavy atom. The second-order valence-corrected chi connectivity index (χ2v) is 3.26. The normalized spacial score (nSPS) is 23.1. The fourth-order valence-electron chi connectivity index (χ4n) is 1.48. The molecular weight excluding hydrogens is 176 g/mol. The van der Waals surface area contributed by atoms with Gasteiger partial charge in [0.25, 0.3) is 0 Å². The van der Waals surface area contributed by atoms with Gasteiger partial charge in [-0.1, -0.05) is 0 Å². The van der Waals surface area contributed by atoms with E-state index >= 15 is 0 Å². The van der Waals surface area contributed by atoms with Crippen LogP contribution in [0.1, 0.15) is 13.3 Å². The molecule has 1 saturated heterocycles. The second-order valence-electron chi connectivity index (χ2n) is 3.26. The van der Waals surface area contributed by atoms with Crippen LogP contribution < -0.4 is 0 Å². The standard InChI is InChI=1S/C12H14O2/c1-2-4-10-5-6-11-12(9-10)14-8-3-7-13-11/h2,4-6,9H,3,7-8H2,1H3/q-2. The van der Waals surface area contributed by atoms with E-state index in [9.17, 15) is 0 Å². The minimum Gasteiger partial charge on any atom is -0.533 e. The Morgan fingerprint density at radius 1 is 1.36 bits per heavy atom. The molecule has 2 rings (SSSR count). The molecule has 0 aromatic heterocycles. The van der Waals surface area contributed by atoms with Crippen LogP contribution in [0.15, 0.2) is 35.3 Å². The van der Waals surface area contributed by atoms with Gasteiger partial charge in [-0.2, -0.15) is 6.08 Å². The lowest BCUT2D eigenvalue weighted by molar-refractivity contribution is 0.219. The van der Waals surface area contributed by atoms with Crippen molar-refractivity contribution in [3.05, 3.63) is 48.2 Å². The number of rotatable bonds is 1. The summed E-state index contributed by atoms with van der Waals surface area (Å²) in [5.74, 6) is 1.72. The predicted octanol–water partition coefficient (Wildman–Crippen LogP) is 2.56. The van der Waals surface area contributed by atoms with Crippen LogP contribution in [0.5, 0.6) is 0 Å². The molecule has 1 heterocycles. The van der Waals surface area contributed by atoms with E-state index in [4.69, 9.17) is 9.47 Å². The van der Waals surface area contributed by atoms with Crippen molar-refractivity contribution in [3.8, 4) is 0 Å². The molecule has 1 aliphatic heterocycles. The predicted molar refractivity (Wildman–Crippen MR) is 55.0 cm³/mol. The van der Waals surface area contributed by atoms with Crippen LogP contribution >= 0.6 is 0 Å². The lowest BCUT2D eigenvalue weighted by Crippen LogP contribution is -2.01. The SMILES string of the molecule is C[CH-]C=C1C=C2OCCCOC2=C[CH-]1. The highest BCUT2D eigenvalue weighted by Gasteiger charge is 2.07. The van der Waals surface area contributed by atoms with Crippen molar-refractivity contribution in [2.45, 2.75) is 13.3 Å². The quantitative estimate of drug-likeness (QED) is 0.591. The average Bonchev–Trinajstić information content (AvgIpc) is 2.42. The van der Waals surface area contributed by atoms with Crippen molar-refractivity contribution >= 4 is 0 Å². The van der Waals surface area contributed by atoms with Crippen molar-refractivity contribution in [2.75, 3.05) is 13.2 Å². The van der Waals surface area contributed by atoms with Crippen LogP contribution in [-0.2, 0) is 9.47 Å². The number of ether oxygens (including phenoxy) is 2. The van der Waals surface area contributed by atoms with Crippen LogP contribution in [0.3, 0.4) is 0 Å². The fraction of sp³-hybridized carbons (Fsp3) is 0.333. The Balaban J connectivity index is 2.17. The van der Waals surface area contributed by atoms with Gasteiger partial charge in [-0.05, 0) is 0 Å². The van der Waals surface area contributed by atoms with E-state index in [1.165, 1.54) is 0 Å². The van der Waals surface area contributed by atoms with Gasteiger partial charge in [0.15, 0.2) is 0 Å². The van der Waals surface area contributed by atoms with Crippen LogP contribution in [-0.4, -0.2) is 13.2 Å². The molecule has 0 radical (unpaired) electrons. The minimum atomic E-state index is 0.742. The Labute approximate surface area is 84.9 Å². The number of allylic oxidation sites excluding steroid dienone is 4. The van der Waals surface area contributed by atoms with E-state index in [2.05, 4.69) is 6.08 Å². The van der Waals surface area contributed by atoms with E-state index in [0.29, 0.717) is 0 Å². The van der Waals surface area contributed by atoms with Crippen molar-refractivity contribution < 1.29 is 9.47 Å². The summed E-state index contributed by atoms with van der Waals surface area (Å²) >= 11 is 0. The molecule has 0 amide bonds. The summed E-state index contributed by atoms with van der Waals surface area (Å²) in [6, 6.07) is 0. The summed E-state index contributed by atoms with van der Waals surface area (Å²) in [6.07, 6.45) is 11.0. The Bertz CT molecular complexity index is 297. The Hall–Kier alpha value is -1.44. The largest absolute Gasteiger partial charge is 0.533 e. The maximum absolute atomic E-state index is 5.58. The summed E-state index contributed by atoms with van der Waals surface area (Å²) in [5, 5.41) is 0. The van der Waals surface area contributed by atoms with E-state index in [1.807, 2.05) is 31.9 Å². The van der Waals surface area contributed by atoms with Gasteiger partial charge < -0.3 is 15.5 Å². The zero-order valence-corrected chi connectivity index (χ0v) is 8.32. The van der Waals surface area contributed by atoms with Gasteiger partial charge in [0.1, 0.15) is 0 Å². The maximum Gasteiger partial charge on any atom is 0.0891 e. The van der Waals surface area contributed by atoms with E-state index in [-0.39, 0.29) is 0 Å². The molecule has 1 fully saturated rings. The fourth-order valence-corrected chi connectivity index (χ4v) is 1.48. The van der Waals surface area contributed by atoms with Gasteiger partial charge in [0, 0.05) is 6.42 Å². The number of hydrogen-bond acceptors (Lipinski definition) is 2.